The van der Waals surface area contributed by atoms with Gasteiger partial charge >= 0.3 is 0 Å². The van der Waals surface area contributed by atoms with Crippen LogP contribution < -0.4 is 5.32 Å². The van der Waals surface area contributed by atoms with E-state index >= 15 is 0 Å². The fraction of sp³-hybridized carbons (Fsp3) is 0.368. The first-order valence-corrected chi connectivity index (χ1v) is 8.99. The van der Waals surface area contributed by atoms with Crippen LogP contribution in [0.5, 0.6) is 0 Å². The van der Waals surface area contributed by atoms with Crippen LogP contribution in [0, 0.1) is 0 Å². The smallest absolute Gasteiger partial charge is 0.0595 e. The predicted molar refractivity (Wildman–Crippen MR) is 99.5 cm³/mol. The molecule has 1 saturated heterocycles. The number of morpholine rings is 1. The van der Waals surface area contributed by atoms with Gasteiger partial charge in [0.25, 0.3) is 0 Å². The molecule has 1 fully saturated rings. The van der Waals surface area contributed by atoms with E-state index in [1.54, 1.807) is 0 Å². The summed E-state index contributed by atoms with van der Waals surface area (Å²) in [4.78, 5) is 2.43. The van der Waals surface area contributed by atoms with Crippen LogP contribution >= 0.6 is 23.2 Å². The summed E-state index contributed by atoms with van der Waals surface area (Å²) in [5.41, 5.74) is 3.76. The van der Waals surface area contributed by atoms with Gasteiger partial charge in [-0.05, 0) is 28.8 Å². The van der Waals surface area contributed by atoms with E-state index in [0.717, 1.165) is 51.5 Å². The second-order valence-corrected chi connectivity index (χ2v) is 6.87. The second-order valence-electron chi connectivity index (χ2n) is 6.06. The molecule has 0 atom stereocenters. The molecule has 0 spiro atoms. The molecule has 3 nitrogen and oxygen atoms in total. The van der Waals surface area contributed by atoms with Crippen molar-refractivity contribution in [3.8, 4) is 0 Å². The molecule has 0 aliphatic carbocycles. The second kappa shape index (κ2) is 8.84. The van der Waals surface area contributed by atoms with Crippen LogP contribution in [0.2, 0.25) is 10.0 Å². The van der Waals surface area contributed by atoms with Crippen LogP contribution in [0.25, 0.3) is 0 Å². The van der Waals surface area contributed by atoms with E-state index in [1.807, 2.05) is 18.2 Å². The van der Waals surface area contributed by atoms with Gasteiger partial charge in [-0.2, -0.15) is 0 Å². The highest BCUT2D eigenvalue weighted by molar-refractivity contribution is 6.42. The molecule has 0 bridgehead atoms. The van der Waals surface area contributed by atoms with Crippen LogP contribution in [-0.4, -0.2) is 31.2 Å². The lowest BCUT2D eigenvalue weighted by Crippen LogP contribution is -2.35. The Balaban J connectivity index is 1.46. The average molecular weight is 365 g/mol. The molecule has 2 aromatic carbocycles. The van der Waals surface area contributed by atoms with Gasteiger partial charge in [-0.15, -0.1) is 0 Å². The summed E-state index contributed by atoms with van der Waals surface area (Å²) in [5.74, 6) is 0. The molecule has 1 aliphatic rings. The highest BCUT2D eigenvalue weighted by Crippen LogP contribution is 2.22. The first-order chi connectivity index (χ1) is 11.7. The van der Waals surface area contributed by atoms with Crippen molar-refractivity contribution in [1.29, 1.82) is 0 Å². The molecule has 2 aromatic rings. The molecular weight excluding hydrogens is 343 g/mol. The number of nitrogens with zero attached hydrogens (tertiary/aromatic N) is 1. The van der Waals surface area contributed by atoms with Gasteiger partial charge in [0.15, 0.2) is 0 Å². The third-order valence-corrected chi connectivity index (χ3v) is 4.91. The van der Waals surface area contributed by atoms with Gasteiger partial charge in [0.05, 0.1) is 23.3 Å². The van der Waals surface area contributed by atoms with E-state index in [-0.39, 0.29) is 0 Å². The molecule has 0 unspecified atom stereocenters. The Morgan fingerprint density at radius 1 is 0.833 bits per heavy atom. The zero-order chi connectivity index (χ0) is 16.8. The number of hydrogen-bond acceptors (Lipinski definition) is 3. The number of nitrogens with one attached hydrogen (secondary N) is 1. The standard InChI is InChI=1S/C19H22Cl2N2O/c20-18-6-5-17(11-19(18)21)13-22-12-15-1-3-16(4-2-15)14-23-7-9-24-10-8-23/h1-6,11,22H,7-10,12-14H2. The van der Waals surface area contributed by atoms with Crippen LogP contribution in [0.15, 0.2) is 42.5 Å². The molecule has 1 heterocycles. The predicted octanol–water partition coefficient (Wildman–Crippen LogP) is 4.12. The Morgan fingerprint density at radius 3 is 2.17 bits per heavy atom. The molecular formula is C19H22Cl2N2O. The maximum atomic E-state index is 6.04. The van der Waals surface area contributed by atoms with Crippen molar-refractivity contribution in [3.05, 3.63) is 69.2 Å². The van der Waals surface area contributed by atoms with Crippen molar-refractivity contribution in [3.63, 3.8) is 0 Å². The summed E-state index contributed by atoms with van der Waals surface area (Å²) >= 11 is 12.0. The van der Waals surface area contributed by atoms with Crippen LogP contribution in [0.1, 0.15) is 16.7 Å². The molecule has 1 N–H and O–H groups in total. The topological polar surface area (TPSA) is 24.5 Å². The van der Waals surface area contributed by atoms with Crippen LogP contribution in [-0.2, 0) is 24.4 Å². The van der Waals surface area contributed by atoms with E-state index in [2.05, 4.69) is 34.5 Å². The minimum atomic E-state index is 0.594. The fourth-order valence-electron chi connectivity index (χ4n) is 2.78. The summed E-state index contributed by atoms with van der Waals surface area (Å²) in [6.45, 7) is 6.33. The zero-order valence-electron chi connectivity index (χ0n) is 13.6. The van der Waals surface area contributed by atoms with Crippen LogP contribution in [0.3, 0.4) is 0 Å². The molecule has 128 valence electrons. The van der Waals surface area contributed by atoms with Crippen molar-refractivity contribution < 1.29 is 4.74 Å². The lowest BCUT2D eigenvalue weighted by molar-refractivity contribution is 0.0342. The minimum Gasteiger partial charge on any atom is -0.379 e. The molecule has 5 heteroatoms. The molecule has 1 aliphatic heterocycles. The van der Waals surface area contributed by atoms with Gasteiger partial charge in [0.2, 0.25) is 0 Å². The number of hydrogen-bond donors (Lipinski definition) is 1. The molecule has 24 heavy (non-hydrogen) atoms. The number of ether oxygens (including phenoxy) is 1. The summed E-state index contributed by atoms with van der Waals surface area (Å²) < 4.78 is 5.39. The summed E-state index contributed by atoms with van der Waals surface area (Å²) in [6.07, 6.45) is 0. The Labute approximate surface area is 153 Å². The van der Waals surface area contributed by atoms with E-state index in [9.17, 15) is 0 Å². The quantitative estimate of drug-likeness (QED) is 0.834. The van der Waals surface area contributed by atoms with Gasteiger partial charge in [-0.25, -0.2) is 0 Å². The van der Waals surface area contributed by atoms with Crippen molar-refractivity contribution in [1.82, 2.24) is 10.2 Å². The zero-order valence-corrected chi connectivity index (χ0v) is 15.1. The van der Waals surface area contributed by atoms with Crippen LogP contribution in [0.4, 0.5) is 0 Å². The molecule has 0 saturated carbocycles. The van der Waals surface area contributed by atoms with Crippen molar-refractivity contribution >= 4 is 23.2 Å². The monoisotopic (exact) mass is 364 g/mol. The first kappa shape index (κ1) is 17.7. The van der Waals surface area contributed by atoms with E-state index in [0.29, 0.717) is 10.0 Å². The highest BCUT2D eigenvalue weighted by atomic mass is 35.5. The number of halogens is 2. The summed E-state index contributed by atoms with van der Waals surface area (Å²) in [7, 11) is 0. The van der Waals surface area contributed by atoms with Crippen molar-refractivity contribution in [2.45, 2.75) is 19.6 Å². The third-order valence-electron chi connectivity index (χ3n) is 4.18. The van der Waals surface area contributed by atoms with E-state index in [1.165, 1.54) is 11.1 Å². The SMILES string of the molecule is Clc1ccc(CNCc2ccc(CN3CCOCC3)cc2)cc1Cl. The normalized spacial score (nSPS) is 15.6. The van der Waals surface area contributed by atoms with Gasteiger partial charge in [-0.1, -0.05) is 53.5 Å². The van der Waals surface area contributed by atoms with Crippen molar-refractivity contribution in [2.24, 2.45) is 0 Å². The minimum absolute atomic E-state index is 0.594. The van der Waals surface area contributed by atoms with Gasteiger partial charge in [0.1, 0.15) is 0 Å². The summed E-state index contributed by atoms with van der Waals surface area (Å²) in [6, 6.07) is 14.5. The lowest BCUT2D eigenvalue weighted by Gasteiger charge is -2.26. The van der Waals surface area contributed by atoms with Gasteiger partial charge in [0, 0.05) is 32.7 Å². The molecule has 3 rings (SSSR count). The largest absolute Gasteiger partial charge is 0.379 e. The Hall–Kier alpha value is -1.10. The molecule has 0 radical (unpaired) electrons. The van der Waals surface area contributed by atoms with Gasteiger partial charge in [-0.3, -0.25) is 4.90 Å². The lowest BCUT2D eigenvalue weighted by atomic mass is 10.1. The fourth-order valence-corrected chi connectivity index (χ4v) is 3.10. The molecule has 0 amide bonds. The highest BCUT2D eigenvalue weighted by Gasteiger charge is 2.10. The molecule has 0 aromatic heterocycles. The van der Waals surface area contributed by atoms with Crippen molar-refractivity contribution in [2.75, 3.05) is 26.3 Å². The van der Waals surface area contributed by atoms with E-state index in [4.69, 9.17) is 27.9 Å². The third kappa shape index (κ3) is 5.20. The average Bonchev–Trinajstić information content (AvgIpc) is 2.60. The first-order valence-electron chi connectivity index (χ1n) is 8.23. The maximum Gasteiger partial charge on any atom is 0.0595 e. The number of benzene rings is 2. The Morgan fingerprint density at radius 2 is 1.46 bits per heavy atom. The maximum absolute atomic E-state index is 6.04. The number of rotatable bonds is 6. The summed E-state index contributed by atoms with van der Waals surface area (Å²) in [5, 5.41) is 4.63. The van der Waals surface area contributed by atoms with Gasteiger partial charge < -0.3 is 10.1 Å². The Bertz CT molecular complexity index is 655. The van der Waals surface area contributed by atoms with E-state index < -0.39 is 0 Å². The Kier molecular flexibility index (Phi) is 6.52.